The molecule has 0 saturated heterocycles. The molecule has 0 amide bonds. The predicted molar refractivity (Wildman–Crippen MR) is 75.5 cm³/mol. The Hall–Kier alpha value is -0.930. The zero-order chi connectivity index (χ0) is 13.0. The molecule has 1 heterocycles. The fourth-order valence-corrected chi connectivity index (χ4v) is 3.07. The molecule has 2 rings (SSSR count). The van der Waals surface area contributed by atoms with Gasteiger partial charge in [-0.05, 0) is 45.5 Å². The minimum atomic E-state index is 0.648. The van der Waals surface area contributed by atoms with Gasteiger partial charge in [-0.15, -0.1) is 0 Å². The number of hydrogen-bond donors (Lipinski definition) is 1. The zero-order valence-electron chi connectivity index (χ0n) is 11.8. The summed E-state index contributed by atoms with van der Waals surface area (Å²) in [5, 5.41) is 3.46. The van der Waals surface area contributed by atoms with E-state index in [4.69, 9.17) is 0 Å². The highest BCUT2D eigenvalue weighted by Gasteiger charge is 2.30. The average molecular weight is 247 g/mol. The molecule has 2 atom stereocenters. The van der Waals surface area contributed by atoms with Gasteiger partial charge in [0.25, 0.3) is 0 Å². The largest absolute Gasteiger partial charge is 0.315 e. The Bertz CT molecular complexity index is 378. The molecule has 0 aliphatic heterocycles. The Kier molecular flexibility index (Phi) is 4.72. The quantitative estimate of drug-likeness (QED) is 0.865. The van der Waals surface area contributed by atoms with E-state index in [1.54, 1.807) is 0 Å². The molecule has 3 nitrogen and oxygen atoms in total. The van der Waals surface area contributed by atoms with Crippen molar-refractivity contribution in [2.45, 2.75) is 51.7 Å². The van der Waals surface area contributed by atoms with E-state index in [1.807, 2.05) is 0 Å². The van der Waals surface area contributed by atoms with E-state index in [0.29, 0.717) is 12.1 Å². The number of hydrogen-bond acceptors (Lipinski definition) is 3. The molecule has 3 heteroatoms. The molecular weight excluding hydrogens is 222 g/mol. The first-order chi connectivity index (χ1) is 8.74. The van der Waals surface area contributed by atoms with Gasteiger partial charge in [-0.1, -0.05) is 19.4 Å². The van der Waals surface area contributed by atoms with E-state index in [9.17, 15) is 0 Å². The number of aromatic nitrogens is 1. The first-order valence-corrected chi connectivity index (χ1v) is 7.08. The number of rotatable bonds is 5. The van der Waals surface area contributed by atoms with E-state index in [-0.39, 0.29) is 0 Å². The summed E-state index contributed by atoms with van der Waals surface area (Å²) >= 11 is 0. The van der Waals surface area contributed by atoms with E-state index < -0.39 is 0 Å². The van der Waals surface area contributed by atoms with Crippen molar-refractivity contribution in [2.75, 3.05) is 13.6 Å². The summed E-state index contributed by atoms with van der Waals surface area (Å²) in [7, 11) is 2.09. The van der Waals surface area contributed by atoms with Crippen LogP contribution in [0, 0.1) is 6.92 Å². The van der Waals surface area contributed by atoms with Crippen LogP contribution in [0.2, 0.25) is 0 Å². The second kappa shape index (κ2) is 6.30. The topological polar surface area (TPSA) is 28.2 Å². The van der Waals surface area contributed by atoms with Crippen LogP contribution in [-0.2, 0) is 6.54 Å². The highest BCUT2D eigenvalue weighted by atomic mass is 15.2. The molecule has 2 unspecified atom stereocenters. The molecule has 0 bridgehead atoms. The normalized spacial score (nSPS) is 23.8. The van der Waals surface area contributed by atoms with Crippen molar-refractivity contribution in [3.05, 3.63) is 29.6 Å². The molecular formula is C15H25N3. The predicted octanol–water partition coefficient (Wildman–Crippen LogP) is 2.35. The molecule has 1 aliphatic carbocycles. The molecule has 1 aliphatic rings. The Morgan fingerprint density at radius 3 is 2.89 bits per heavy atom. The van der Waals surface area contributed by atoms with Gasteiger partial charge in [0, 0.05) is 24.3 Å². The number of pyridine rings is 1. The minimum Gasteiger partial charge on any atom is -0.315 e. The molecule has 1 fully saturated rings. The molecule has 0 spiro atoms. The van der Waals surface area contributed by atoms with Crippen LogP contribution >= 0.6 is 0 Å². The Morgan fingerprint density at radius 1 is 1.39 bits per heavy atom. The lowest BCUT2D eigenvalue weighted by molar-refractivity contribution is 0.174. The second-order valence-electron chi connectivity index (χ2n) is 5.23. The lowest BCUT2D eigenvalue weighted by atomic mass is 10.1. The fraction of sp³-hybridized carbons (Fsp3) is 0.667. The molecule has 18 heavy (non-hydrogen) atoms. The van der Waals surface area contributed by atoms with Gasteiger partial charge in [0.15, 0.2) is 0 Å². The number of nitrogens with zero attached hydrogens (tertiary/aromatic N) is 2. The summed E-state index contributed by atoms with van der Waals surface area (Å²) in [6, 6.07) is 7.62. The van der Waals surface area contributed by atoms with Crippen LogP contribution in [0.25, 0.3) is 0 Å². The van der Waals surface area contributed by atoms with Crippen LogP contribution in [0.1, 0.15) is 37.6 Å². The summed E-state index contributed by atoms with van der Waals surface area (Å²) in [6.45, 7) is 6.38. The average Bonchev–Trinajstić information content (AvgIpc) is 2.84. The van der Waals surface area contributed by atoms with Crippen molar-refractivity contribution in [3.63, 3.8) is 0 Å². The van der Waals surface area contributed by atoms with E-state index in [0.717, 1.165) is 18.8 Å². The highest BCUT2D eigenvalue weighted by Crippen LogP contribution is 2.25. The van der Waals surface area contributed by atoms with Crippen LogP contribution in [0.5, 0.6) is 0 Å². The first-order valence-electron chi connectivity index (χ1n) is 7.08. The van der Waals surface area contributed by atoms with Gasteiger partial charge < -0.3 is 5.32 Å². The van der Waals surface area contributed by atoms with Crippen LogP contribution in [0.3, 0.4) is 0 Å². The summed E-state index contributed by atoms with van der Waals surface area (Å²) < 4.78 is 0. The molecule has 100 valence electrons. The molecule has 0 aromatic carbocycles. The second-order valence-corrected chi connectivity index (χ2v) is 5.23. The highest BCUT2D eigenvalue weighted by molar-refractivity contribution is 5.10. The third-order valence-corrected chi connectivity index (χ3v) is 4.04. The Morgan fingerprint density at radius 2 is 2.22 bits per heavy atom. The molecule has 1 aromatic heterocycles. The summed E-state index contributed by atoms with van der Waals surface area (Å²) in [5.41, 5.74) is 2.30. The first kappa shape index (κ1) is 13.5. The Balaban J connectivity index is 2.05. The van der Waals surface area contributed by atoms with Gasteiger partial charge in [0.05, 0.1) is 5.69 Å². The molecule has 1 aromatic rings. The van der Waals surface area contributed by atoms with Gasteiger partial charge in [0.2, 0.25) is 0 Å². The van der Waals surface area contributed by atoms with Gasteiger partial charge in [-0.3, -0.25) is 9.88 Å². The molecule has 0 radical (unpaired) electrons. The number of nitrogens with one attached hydrogen (secondary N) is 1. The van der Waals surface area contributed by atoms with Crippen LogP contribution < -0.4 is 5.32 Å². The Labute approximate surface area is 111 Å². The maximum absolute atomic E-state index is 4.62. The summed E-state index contributed by atoms with van der Waals surface area (Å²) in [5.74, 6) is 0. The molecule has 1 saturated carbocycles. The zero-order valence-corrected chi connectivity index (χ0v) is 11.8. The van der Waals surface area contributed by atoms with Crippen molar-refractivity contribution in [3.8, 4) is 0 Å². The number of aryl methyl sites for hydroxylation is 1. The summed E-state index contributed by atoms with van der Waals surface area (Å²) in [4.78, 5) is 7.19. The summed E-state index contributed by atoms with van der Waals surface area (Å²) in [6.07, 6.45) is 3.96. The van der Waals surface area contributed by atoms with Crippen LogP contribution in [0.15, 0.2) is 18.2 Å². The van der Waals surface area contributed by atoms with E-state index >= 15 is 0 Å². The van der Waals surface area contributed by atoms with E-state index in [1.165, 1.54) is 25.0 Å². The fourth-order valence-electron chi connectivity index (χ4n) is 3.07. The van der Waals surface area contributed by atoms with E-state index in [2.05, 4.69) is 54.3 Å². The maximum Gasteiger partial charge on any atom is 0.0547 e. The standard InChI is InChI=1S/C15H25N3/c1-4-18(15-10-6-9-14(15)16-3)11-13-8-5-7-12(2)17-13/h5,7-8,14-16H,4,6,9-11H2,1-3H3. The molecule has 1 N–H and O–H groups in total. The van der Waals surface area contributed by atoms with Crippen molar-refractivity contribution in [2.24, 2.45) is 0 Å². The van der Waals surface area contributed by atoms with Gasteiger partial charge in [-0.25, -0.2) is 0 Å². The van der Waals surface area contributed by atoms with Crippen molar-refractivity contribution >= 4 is 0 Å². The maximum atomic E-state index is 4.62. The van der Waals surface area contributed by atoms with Gasteiger partial charge >= 0.3 is 0 Å². The third kappa shape index (κ3) is 3.09. The van der Waals surface area contributed by atoms with Crippen LogP contribution in [-0.4, -0.2) is 35.6 Å². The lowest BCUT2D eigenvalue weighted by Gasteiger charge is -2.31. The van der Waals surface area contributed by atoms with Crippen molar-refractivity contribution < 1.29 is 0 Å². The lowest BCUT2D eigenvalue weighted by Crippen LogP contribution is -2.45. The monoisotopic (exact) mass is 247 g/mol. The minimum absolute atomic E-state index is 0.648. The SMILES string of the molecule is CCN(Cc1cccc(C)n1)C1CCCC1NC. The van der Waals surface area contributed by atoms with Crippen LogP contribution in [0.4, 0.5) is 0 Å². The van der Waals surface area contributed by atoms with Gasteiger partial charge in [0.1, 0.15) is 0 Å². The third-order valence-electron chi connectivity index (χ3n) is 4.04. The van der Waals surface area contributed by atoms with Gasteiger partial charge in [-0.2, -0.15) is 0 Å². The van der Waals surface area contributed by atoms with Crippen molar-refractivity contribution in [1.82, 2.24) is 15.2 Å². The smallest absolute Gasteiger partial charge is 0.0547 e. The van der Waals surface area contributed by atoms with Crippen molar-refractivity contribution in [1.29, 1.82) is 0 Å². The number of likely N-dealkylation sites (N-methyl/N-ethyl adjacent to an activating group) is 2.